The second kappa shape index (κ2) is 17.2. The van der Waals surface area contributed by atoms with Crippen LogP contribution in [-0.2, 0) is 35.6 Å². The number of carbonyl (C=O) groups excluding carboxylic acids is 2. The Kier molecular flexibility index (Phi) is 11.7. The lowest BCUT2D eigenvalue weighted by molar-refractivity contribution is -0.142. The Bertz CT molecular complexity index is 2380. The second-order valence-corrected chi connectivity index (χ2v) is 16.1. The lowest BCUT2D eigenvalue weighted by Gasteiger charge is -2.39. The molecule has 0 spiro atoms. The number of amides is 3. The molecule has 3 unspecified atom stereocenters. The lowest BCUT2D eigenvalue weighted by atomic mass is 9.92. The highest BCUT2D eigenvalue weighted by Gasteiger charge is 2.40. The topological polar surface area (TPSA) is 131 Å². The molecular formula is C46H44Cl2N4O7. The van der Waals surface area contributed by atoms with Gasteiger partial charge in [0.15, 0.2) is 17.6 Å². The number of ether oxygens (including phenoxy) is 3. The van der Waals surface area contributed by atoms with Crippen LogP contribution in [0.1, 0.15) is 58.0 Å². The molecule has 11 nitrogen and oxygen atoms in total. The van der Waals surface area contributed by atoms with Crippen LogP contribution < -0.4 is 19.5 Å². The number of aromatic nitrogens is 1. The van der Waals surface area contributed by atoms with Gasteiger partial charge in [-0.1, -0.05) is 65.7 Å². The molecule has 2 N–H and O–H groups in total. The molecule has 0 radical (unpaired) electrons. The van der Waals surface area contributed by atoms with Crippen molar-refractivity contribution in [3.63, 3.8) is 0 Å². The van der Waals surface area contributed by atoms with Gasteiger partial charge in [-0.25, -0.2) is 9.59 Å². The first-order valence-corrected chi connectivity index (χ1v) is 20.5. The molecule has 3 aliphatic rings. The number of hydrogen-bond acceptors (Lipinski definition) is 7. The molecule has 8 rings (SSSR count). The Labute approximate surface area is 352 Å². The van der Waals surface area contributed by atoms with E-state index in [0.717, 1.165) is 63.0 Å². The van der Waals surface area contributed by atoms with Crippen molar-refractivity contribution in [3.05, 3.63) is 140 Å². The van der Waals surface area contributed by atoms with E-state index in [-0.39, 0.29) is 38.1 Å². The van der Waals surface area contributed by atoms with Crippen LogP contribution in [0.5, 0.6) is 17.2 Å². The third-order valence-electron chi connectivity index (χ3n) is 11.4. The summed E-state index contributed by atoms with van der Waals surface area (Å²) in [5, 5.41) is 14.0. The standard InChI is InChI=1S/C46H44Cl2N4O7/c1-27-28(2)49-16-15-36(27)31-8-5-29(6-9-31)20-39(45(54)55)50-44(53)40-21-33-22-41-42(23-34(33)24-52(40)46(56)51-17-3-4-18-51)59-43(26-58-41)32-10-12-35(13-11-32)57-25-30-7-14-37(47)38(48)19-30/h5-16,19,22-23,39-40,43H,3-4,17-18,20-21,24-26H2,1-2H3,(H,50,53)(H,54,55). The number of halogens is 2. The van der Waals surface area contributed by atoms with Gasteiger partial charge in [0.05, 0.1) is 10.0 Å². The first-order chi connectivity index (χ1) is 28.5. The highest BCUT2D eigenvalue weighted by atomic mass is 35.5. The van der Waals surface area contributed by atoms with Gasteiger partial charge < -0.3 is 34.4 Å². The monoisotopic (exact) mass is 834 g/mol. The summed E-state index contributed by atoms with van der Waals surface area (Å²) in [6.45, 7) is 5.94. The summed E-state index contributed by atoms with van der Waals surface area (Å²) >= 11 is 12.2. The van der Waals surface area contributed by atoms with Gasteiger partial charge >= 0.3 is 12.0 Å². The van der Waals surface area contributed by atoms with Crippen LogP contribution >= 0.6 is 23.2 Å². The molecule has 3 atom stereocenters. The molecular weight excluding hydrogens is 791 g/mol. The van der Waals surface area contributed by atoms with Crippen molar-refractivity contribution in [2.45, 2.75) is 70.9 Å². The predicted octanol–water partition coefficient (Wildman–Crippen LogP) is 8.52. The summed E-state index contributed by atoms with van der Waals surface area (Å²) in [6, 6.07) is 24.0. The van der Waals surface area contributed by atoms with E-state index in [1.807, 2.05) is 86.6 Å². The maximum Gasteiger partial charge on any atom is 0.326 e. The van der Waals surface area contributed by atoms with Crippen molar-refractivity contribution < 1.29 is 33.7 Å². The van der Waals surface area contributed by atoms with Crippen molar-refractivity contribution in [2.75, 3.05) is 19.7 Å². The third-order valence-corrected chi connectivity index (χ3v) is 12.1. The van der Waals surface area contributed by atoms with Gasteiger partial charge in [0.25, 0.3) is 0 Å². The summed E-state index contributed by atoms with van der Waals surface area (Å²) in [5.74, 6) is 0.0974. The van der Waals surface area contributed by atoms with Crippen molar-refractivity contribution in [2.24, 2.45) is 0 Å². The van der Waals surface area contributed by atoms with E-state index in [1.54, 1.807) is 28.1 Å². The minimum absolute atomic E-state index is 0.0768. The summed E-state index contributed by atoms with van der Waals surface area (Å²) in [6.07, 6.45) is 3.43. The van der Waals surface area contributed by atoms with E-state index in [9.17, 15) is 19.5 Å². The SMILES string of the molecule is Cc1nccc(-c2ccc(CC(NC(=O)C3Cc4cc5c(cc4CN3C(=O)N3CCCC3)OC(c3ccc(OCc4ccc(Cl)c(Cl)c4)cc3)CO5)C(=O)O)cc2)c1C. The van der Waals surface area contributed by atoms with Crippen LogP contribution in [0.2, 0.25) is 10.0 Å². The van der Waals surface area contributed by atoms with Crippen LogP contribution in [0, 0.1) is 13.8 Å². The number of likely N-dealkylation sites (tertiary alicyclic amines) is 1. The van der Waals surface area contributed by atoms with Crippen molar-refractivity contribution >= 4 is 41.1 Å². The molecule has 1 aromatic heterocycles. The van der Waals surface area contributed by atoms with Gasteiger partial charge in [0.1, 0.15) is 31.0 Å². The number of aryl methyl sites for hydroxylation is 1. The average molecular weight is 836 g/mol. The number of carbonyl (C=O) groups is 3. The van der Waals surface area contributed by atoms with E-state index in [4.69, 9.17) is 37.4 Å². The number of urea groups is 1. The smallest absolute Gasteiger partial charge is 0.326 e. The number of carboxylic acid groups (broad SMARTS) is 1. The number of hydrogen-bond donors (Lipinski definition) is 2. The third kappa shape index (κ3) is 8.82. The number of aliphatic carboxylic acids is 1. The van der Waals surface area contributed by atoms with Crippen LogP contribution in [0.15, 0.2) is 91.1 Å². The van der Waals surface area contributed by atoms with Crippen LogP contribution in [0.4, 0.5) is 4.79 Å². The number of carboxylic acids is 1. The fourth-order valence-electron chi connectivity index (χ4n) is 7.89. The normalized spacial score (nSPS) is 17.6. The van der Waals surface area contributed by atoms with Crippen molar-refractivity contribution in [1.82, 2.24) is 20.1 Å². The molecule has 0 aliphatic carbocycles. The van der Waals surface area contributed by atoms with Gasteiger partial charge in [0.2, 0.25) is 5.91 Å². The molecule has 0 bridgehead atoms. The van der Waals surface area contributed by atoms with Gasteiger partial charge in [-0.05, 0) is 114 Å². The first-order valence-electron chi connectivity index (χ1n) is 19.7. The average Bonchev–Trinajstić information content (AvgIpc) is 3.79. The number of nitrogens with one attached hydrogen (secondary N) is 1. The summed E-state index contributed by atoms with van der Waals surface area (Å²) < 4.78 is 18.7. The zero-order valence-electron chi connectivity index (χ0n) is 32.8. The minimum Gasteiger partial charge on any atom is -0.489 e. The second-order valence-electron chi connectivity index (χ2n) is 15.3. The Morgan fingerprint density at radius 2 is 1.63 bits per heavy atom. The molecule has 59 heavy (non-hydrogen) atoms. The van der Waals surface area contributed by atoms with Crippen LogP contribution in [-0.4, -0.2) is 69.6 Å². The largest absolute Gasteiger partial charge is 0.489 e. The van der Waals surface area contributed by atoms with Crippen LogP contribution in [0.3, 0.4) is 0 Å². The zero-order chi connectivity index (χ0) is 41.2. The molecule has 13 heteroatoms. The molecule has 4 heterocycles. The zero-order valence-corrected chi connectivity index (χ0v) is 34.3. The molecule has 5 aromatic rings. The molecule has 0 saturated carbocycles. The summed E-state index contributed by atoms with van der Waals surface area (Å²) in [4.78, 5) is 48.4. The molecule has 4 aromatic carbocycles. The predicted molar refractivity (Wildman–Crippen MR) is 224 cm³/mol. The number of benzene rings is 4. The van der Waals surface area contributed by atoms with E-state index in [2.05, 4.69) is 10.3 Å². The first kappa shape index (κ1) is 40.0. The fourth-order valence-corrected chi connectivity index (χ4v) is 8.21. The number of pyridine rings is 1. The Balaban J connectivity index is 0.964. The fraction of sp³-hybridized carbons (Fsp3) is 0.304. The van der Waals surface area contributed by atoms with Crippen molar-refractivity contribution in [1.29, 1.82) is 0 Å². The highest BCUT2D eigenvalue weighted by molar-refractivity contribution is 6.42. The lowest BCUT2D eigenvalue weighted by Crippen LogP contribution is -2.58. The van der Waals surface area contributed by atoms with E-state index in [1.165, 1.54) is 0 Å². The molecule has 3 amide bonds. The Morgan fingerprint density at radius 1 is 0.898 bits per heavy atom. The Hall–Kier alpha value is -5.78. The summed E-state index contributed by atoms with van der Waals surface area (Å²) in [5.41, 5.74) is 8.31. The Morgan fingerprint density at radius 3 is 2.36 bits per heavy atom. The van der Waals surface area contributed by atoms with E-state index in [0.29, 0.717) is 47.0 Å². The molecule has 1 saturated heterocycles. The van der Waals surface area contributed by atoms with Crippen molar-refractivity contribution in [3.8, 4) is 28.4 Å². The van der Waals surface area contributed by atoms with Crippen LogP contribution in [0.25, 0.3) is 11.1 Å². The van der Waals surface area contributed by atoms with Gasteiger partial charge in [-0.15, -0.1) is 0 Å². The van der Waals surface area contributed by atoms with Gasteiger partial charge in [-0.3, -0.25) is 9.78 Å². The molecule has 1 fully saturated rings. The highest BCUT2D eigenvalue weighted by Crippen LogP contribution is 2.41. The number of fused-ring (bicyclic) bond motifs is 2. The molecule has 304 valence electrons. The van der Waals surface area contributed by atoms with E-state index < -0.39 is 24.0 Å². The van der Waals surface area contributed by atoms with E-state index >= 15 is 0 Å². The quantitative estimate of drug-likeness (QED) is 0.143. The summed E-state index contributed by atoms with van der Waals surface area (Å²) in [7, 11) is 0. The number of rotatable bonds is 10. The maximum atomic E-state index is 14.1. The minimum atomic E-state index is -1.20. The van der Waals surface area contributed by atoms with Gasteiger partial charge in [-0.2, -0.15) is 0 Å². The maximum absolute atomic E-state index is 14.1. The molecule has 3 aliphatic heterocycles. The number of nitrogens with zero attached hydrogens (tertiary/aromatic N) is 3. The van der Waals surface area contributed by atoms with Gasteiger partial charge in [0, 0.05) is 44.4 Å².